The number of anilines is 1. The van der Waals surface area contributed by atoms with Crippen LogP contribution in [0.15, 0.2) is 35.2 Å². The minimum absolute atomic E-state index is 0.00335. The summed E-state index contributed by atoms with van der Waals surface area (Å²) in [6.07, 6.45) is -2.55. The highest BCUT2D eigenvalue weighted by Gasteiger charge is 2.46. The summed E-state index contributed by atoms with van der Waals surface area (Å²) in [6.45, 7) is 4.13. The van der Waals surface area contributed by atoms with E-state index in [2.05, 4.69) is 4.72 Å². The first-order chi connectivity index (χ1) is 19.7. The van der Waals surface area contributed by atoms with Crippen molar-refractivity contribution in [2.45, 2.75) is 31.3 Å². The molecule has 0 radical (unpaired) electrons. The lowest BCUT2D eigenvalue weighted by atomic mass is 10.1. The maximum absolute atomic E-state index is 13.4. The molecule has 0 spiro atoms. The smallest absolute Gasteiger partial charge is 0.422 e. The molecule has 0 aliphatic carbocycles. The molecule has 1 N–H and O–H groups in total. The summed E-state index contributed by atoms with van der Waals surface area (Å²) in [6, 6.07) is 7.80. The van der Waals surface area contributed by atoms with Crippen LogP contribution in [0.1, 0.15) is 29.2 Å². The van der Waals surface area contributed by atoms with Gasteiger partial charge in [0.25, 0.3) is 5.91 Å². The van der Waals surface area contributed by atoms with Gasteiger partial charge in [-0.05, 0) is 44.0 Å². The van der Waals surface area contributed by atoms with E-state index < -0.39 is 33.0 Å². The monoisotopic (exact) mass is 732 g/mol. The molecule has 1 fully saturated rings. The zero-order valence-corrected chi connectivity index (χ0v) is 27.6. The summed E-state index contributed by atoms with van der Waals surface area (Å²) in [5.74, 6) is -0.303. The highest BCUT2D eigenvalue weighted by molar-refractivity contribution is 7.89. The fourth-order valence-electron chi connectivity index (χ4n) is 4.06. The predicted molar refractivity (Wildman–Crippen MR) is 166 cm³/mol. The third kappa shape index (κ3) is 6.55. The van der Waals surface area contributed by atoms with Gasteiger partial charge in [-0.15, -0.1) is 0 Å². The Morgan fingerprint density at radius 3 is 2.12 bits per heavy atom. The van der Waals surface area contributed by atoms with Gasteiger partial charge in [-0.3, -0.25) is 4.79 Å². The second kappa shape index (κ2) is 13.1. The van der Waals surface area contributed by atoms with Gasteiger partial charge in [0.1, 0.15) is 10.6 Å². The summed E-state index contributed by atoms with van der Waals surface area (Å²) >= 11 is 43.2. The Morgan fingerprint density at radius 2 is 1.50 bits per heavy atom. The molecule has 0 saturated carbocycles. The molecule has 0 bridgehead atoms. The lowest BCUT2D eigenvalue weighted by Crippen LogP contribution is -2.31. The summed E-state index contributed by atoms with van der Waals surface area (Å²) in [5.41, 5.74) is 1.54. The molecule has 1 atom stereocenters. The van der Waals surface area contributed by atoms with E-state index in [9.17, 15) is 18.0 Å². The van der Waals surface area contributed by atoms with Crippen LogP contribution in [0.2, 0.25) is 35.2 Å². The molecular formula is C26H19Cl7N2O6S. The van der Waals surface area contributed by atoms with Gasteiger partial charge in [0.2, 0.25) is 16.1 Å². The van der Waals surface area contributed by atoms with Crippen molar-refractivity contribution in [3.63, 3.8) is 0 Å². The quantitative estimate of drug-likeness (QED) is 0.134. The minimum atomic E-state index is -4.23. The number of aryl methyl sites for hydroxylation is 2. The average molecular weight is 736 g/mol. The van der Waals surface area contributed by atoms with Gasteiger partial charge >= 0.3 is 6.09 Å². The second-order valence-corrected chi connectivity index (χ2v) is 13.5. The molecule has 0 aromatic heterocycles. The van der Waals surface area contributed by atoms with E-state index in [1.807, 2.05) is 32.0 Å². The fraction of sp³-hybridized carbons (Fsp3) is 0.231. The zero-order valence-electron chi connectivity index (χ0n) is 21.5. The minimum Gasteiger partial charge on any atom is -0.493 e. The maximum atomic E-state index is 13.4. The van der Waals surface area contributed by atoms with Gasteiger partial charge in [0.05, 0.1) is 47.5 Å². The summed E-state index contributed by atoms with van der Waals surface area (Å²) in [5, 5.41) is -1.58. The van der Waals surface area contributed by atoms with E-state index in [1.165, 1.54) is 0 Å². The molecular weight excluding hydrogens is 717 g/mol. The number of carbonyl (C=O) groups excluding carboxylic acids is 2. The first-order valence-corrected chi connectivity index (χ1v) is 16.0. The number of imide groups is 1. The topological polar surface area (TPSA) is 102 Å². The summed E-state index contributed by atoms with van der Waals surface area (Å²) in [7, 11) is -4.23. The number of carbonyl (C=O) groups is 2. The molecule has 224 valence electrons. The molecule has 1 heterocycles. The van der Waals surface area contributed by atoms with Crippen LogP contribution in [0.25, 0.3) is 0 Å². The highest BCUT2D eigenvalue weighted by Crippen LogP contribution is 2.49. The van der Waals surface area contributed by atoms with Gasteiger partial charge in [-0.1, -0.05) is 98.9 Å². The number of sulfonamides is 1. The number of benzene rings is 3. The Morgan fingerprint density at radius 1 is 0.881 bits per heavy atom. The van der Waals surface area contributed by atoms with Gasteiger partial charge in [-0.25, -0.2) is 22.8 Å². The van der Waals surface area contributed by atoms with E-state index in [0.29, 0.717) is 17.1 Å². The molecule has 16 heteroatoms. The number of ether oxygens (including phenoxy) is 2. The van der Waals surface area contributed by atoms with Crippen LogP contribution in [0.5, 0.6) is 5.75 Å². The zero-order chi connectivity index (χ0) is 31.1. The molecule has 8 nitrogen and oxygen atoms in total. The van der Waals surface area contributed by atoms with Gasteiger partial charge in [0.15, 0.2) is 0 Å². The van der Waals surface area contributed by atoms with Crippen LogP contribution in [0.3, 0.4) is 0 Å². The van der Waals surface area contributed by atoms with Crippen molar-refractivity contribution in [2.24, 2.45) is 0 Å². The van der Waals surface area contributed by atoms with E-state index in [-0.39, 0.29) is 59.6 Å². The van der Waals surface area contributed by atoms with Crippen molar-refractivity contribution in [3.8, 4) is 5.75 Å². The number of rotatable bonds is 9. The van der Waals surface area contributed by atoms with Gasteiger partial charge in [-0.2, -0.15) is 0 Å². The first kappa shape index (κ1) is 33.2. The van der Waals surface area contributed by atoms with E-state index in [0.717, 1.165) is 23.3 Å². The molecule has 1 saturated heterocycles. The number of halogens is 7. The van der Waals surface area contributed by atoms with E-state index in [4.69, 9.17) is 90.7 Å². The Kier molecular flexibility index (Phi) is 10.4. The lowest BCUT2D eigenvalue weighted by molar-refractivity contribution is -0.122. The van der Waals surface area contributed by atoms with E-state index >= 15 is 0 Å². The third-order valence-corrected chi connectivity index (χ3v) is 10.6. The van der Waals surface area contributed by atoms with Crippen LogP contribution in [-0.4, -0.2) is 33.6 Å². The molecule has 1 aliphatic rings. The number of cyclic esters (lactones) is 1. The van der Waals surface area contributed by atoms with Crippen molar-refractivity contribution >= 4 is 109 Å². The van der Waals surface area contributed by atoms with Crippen molar-refractivity contribution < 1.29 is 27.5 Å². The third-order valence-electron chi connectivity index (χ3n) is 6.08. The van der Waals surface area contributed by atoms with Crippen molar-refractivity contribution in [2.75, 3.05) is 18.1 Å². The van der Waals surface area contributed by atoms with Gasteiger partial charge in [0, 0.05) is 12.1 Å². The maximum Gasteiger partial charge on any atom is 0.422 e. The lowest BCUT2D eigenvalue weighted by Gasteiger charge is -2.17. The van der Waals surface area contributed by atoms with Crippen LogP contribution in [0, 0.1) is 13.8 Å². The summed E-state index contributed by atoms with van der Waals surface area (Å²) in [4.78, 5) is 26.4. The number of hydrogen-bond acceptors (Lipinski definition) is 6. The Labute approximate surface area is 276 Å². The van der Waals surface area contributed by atoms with Crippen LogP contribution in [-0.2, 0) is 19.6 Å². The number of nitrogens with zero attached hydrogens (tertiary/aromatic N) is 1. The molecule has 3 aromatic rings. The molecule has 4 rings (SSSR count). The van der Waals surface area contributed by atoms with Gasteiger partial charge < -0.3 is 9.47 Å². The standard InChI is InChI=1S/C26H19Cl7N2O6S/c1-11-4-5-16(12(2)8-11)40-7-3-6-34-42(38,39)17-10-15(13(27)9-14(17)28)35-25(36)24(41-26(35)37)18-19(29)21(31)23(33)22(32)20(18)30/h4-5,8-10,24,34H,3,6-7H2,1-2H3. The SMILES string of the molecule is Cc1ccc(OCCCNS(=O)(=O)c2cc(N3C(=O)OC(c4c(Cl)c(Cl)c(Cl)c(Cl)c4Cl)C3=O)c(Cl)cc2Cl)c(C)c1. The van der Waals surface area contributed by atoms with E-state index in [1.54, 1.807) is 0 Å². The highest BCUT2D eigenvalue weighted by atomic mass is 35.5. The number of amides is 2. The Hall–Kier alpha value is -1.66. The van der Waals surface area contributed by atoms with Crippen LogP contribution >= 0.6 is 81.2 Å². The van der Waals surface area contributed by atoms with Crippen molar-refractivity contribution in [1.29, 1.82) is 0 Å². The average Bonchev–Trinajstić information content (AvgIpc) is 3.20. The molecule has 1 unspecified atom stereocenters. The molecule has 42 heavy (non-hydrogen) atoms. The fourth-order valence-corrected chi connectivity index (χ4v) is 7.33. The van der Waals surface area contributed by atoms with Crippen molar-refractivity contribution in [1.82, 2.24) is 4.72 Å². The molecule has 1 aliphatic heterocycles. The number of nitrogens with one attached hydrogen (secondary N) is 1. The Bertz CT molecular complexity index is 1690. The van der Waals surface area contributed by atoms with Crippen LogP contribution in [0.4, 0.5) is 10.5 Å². The largest absolute Gasteiger partial charge is 0.493 e. The Balaban J connectivity index is 1.55. The molecule has 3 aromatic carbocycles. The summed E-state index contributed by atoms with van der Waals surface area (Å²) < 4.78 is 39.6. The molecule has 2 amide bonds. The first-order valence-electron chi connectivity index (χ1n) is 11.9. The van der Waals surface area contributed by atoms with Crippen LogP contribution < -0.4 is 14.4 Å². The normalized spacial score (nSPS) is 15.4. The number of hydrogen-bond donors (Lipinski definition) is 1. The second-order valence-electron chi connectivity index (χ2n) is 9.02. The van der Waals surface area contributed by atoms with Crippen molar-refractivity contribution in [3.05, 3.63) is 82.2 Å². The predicted octanol–water partition coefficient (Wildman–Crippen LogP) is 8.85.